The summed E-state index contributed by atoms with van der Waals surface area (Å²) in [6, 6.07) is 9.22. The number of pyridine rings is 1. The molecule has 4 nitrogen and oxygen atoms in total. The minimum absolute atomic E-state index is 0.0305. The molecule has 18 heavy (non-hydrogen) atoms. The van der Waals surface area contributed by atoms with Crippen molar-refractivity contribution in [1.29, 1.82) is 0 Å². The van der Waals surface area contributed by atoms with Gasteiger partial charge in [-0.15, -0.1) is 0 Å². The molecule has 0 unspecified atom stereocenters. The van der Waals surface area contributed by atoms with Crippen LogP contribution in [0.15, 0.2) is 36.5 Å². The number of hydrogen-bond acceptors (Lipinski definition) is 4. The lowest BCUT2D eigenvalue weighted by Crippen LogP contribution is -1.99. The van der Waals surface area contributed by atoms with Crippen molar-refractivity contribution >= 4 is 0 Å². The van der Waals surface area contributed by atoms with Gasteiger partial charge in [-0.1, -0.05) is 12.1 Å². The Balaban J connectivity index is 2.17. The fourth-order valence-corrected chi connectivity index (χ4v) is 1.61. The number of aryl methyl sites for hydroxylation is 1. The Morgan fingerprint density at radius 2 is 1.94 bits per heavy atom. The van der Waals surface area contributed by atoms with Crippen LogP contribution >= 0.6 is 0 Å². The molecule has 1 aromatic carbocycles. The highest BCUT2D eigenvalue weighted by Gasteiger charge is 2.04. The van der Waals surface area contributed by atoms with E-state index in [4.69, 9.17) is 15.6 Å². The average molecular weight is 244 g/mol. The molecule has 0 amide bonds. The number of aromatic nitrogens is 1. The molecule has 1 heterocycles. The first-order chi connectivity index (χ1) is 8.72. The molecule has 0 radical (unpaired) electrons. The highest BCUT2D eigenvalue weighted by atomic mass is 16.5. The molecule has 0 aliphatic heterocycles. The van der Waals surface area contributed by atoms with Gasteiger partial charge in [0.15, 0.2) is 0 Å². The molecule has 2 rings (SSSR count). The quantitative estimate of drug-likeness (QED) is 0.864. The molecule has 0 atom stereocenters. The van der Waals surface area contributed by atoms with Crippen LogP contribution < -0.4 is 10.5 Å². The minimum Gasteiger partial charge on any atom is -0.439 e. The first kappa shape index (κ1) is 12.5. The molecule has 0 fully saturated rings. The van der Waals surface area contributed by atoms with E-state index in [1.165, 1.54) is 0 Å². The third-order valence-corrected chi connectivity index (χ3v) is 2.64. The van der Waals surface area contributed by atoms with E-state index in [9.17, 15) is 0 Å². The van der Waals surface area contributed by atoms with Crippen LogP contribution in [0, 0.1) is 6.92 Å². The molecule has 3 N–H and O–H groups in total. The summed E-state index contributed by atoms with van der Waals surface area (Å²) in [7, 11) is 0. The van der Waals surface area contributed by atoms with Crippen LogP contribution in [0.2, 0.25) is 0 Å². The van der Waals surface area contributed by atoms with Gasteiger partial charge in [-0.3, -0.25) is 0 Å². The molecule has 94 valence electrons. The maximum Gasteiger partial charge on any atom is 0.222 e. The first-order valence-corrected chi connectivity index (χ1v) is 5.76. The minimum atomic E-state index is 0.0305. The summed E-state index contributed by atoms with van der Waals surface area (Å²) < 4.78 is 5.67. The summed E-state index contributed by atoms with van der Waals surface area (Å²) in [4.78, 5) is 4.24. The largest absolute Gasteiger partial charge is 0.439 e. The molecule has 0 saturated carbocycles. The Bertz CT molecular complexity index is 524. The zero-order chi connectivity index (χ0) is 13.0. The number of nitrogens with zero attached hydrogens (tertiary/aromatic N) is 1. The third-order valence-electron chi connectivity index (χ3n) is 2.64. The van der Waals surface area contributed by atoms with Crippen molar-refractivity contribution in [3.8, 4) is 11.6 Å². The number of hydrogen-bond donors (Lipinski definition) is 2. The molecule has 0 aliphatic carbocycles. The van der Waals surface area contributed by atoms with Crippen LogP contribution in [0.25, 0.3) is 0 Å². The molecule has 1 aromatic heterocycles. The maximum absolute atomic E-state index is 8.96. The van der Waals surface area contributed by atoms with E-state index >= 15 is 0 Å². The van der Waals surface area contributed by atoms with Crippen LogP contribution in [0.3, 0.4) is 0 Å². The summed E-state index contributed by atoms with van der Waals surface area (Å²) in [5.74, 6) is 1.27. The topological polar surface area (TPSA) is 68.4 Å². The number of aliphatic hydroxyl groups excluding tert-OH is 1. The summed E-state index contributed by atoms with van der Waals surface area (Å²) >= 11 is 0. The number of ether oxygens (including phenoxy) is 1. The van der Waals surface area contributed by atoms with E-state index in [0.717, 1.165) is 16.7 Å². The van der Waals surface area contributed by atoms with Gasteiger partial charge in [-0.05, 0) is 36.2 Å². The molecule has 0 saturated heterocycles. The lowest BCUT2D eigenvalue weighted by atomic mass is 10.2. The third kappa shape index (κ3) is 2.85. The van der Waals surface area contributed by atoms with Gasteiger partial charge in [0.1, 0.15) is 5.75 Å². The number of benzene rings is 1. The van der Waals surface area contributed by atoms with Crippen molar-refractivity contribution in [2.24, 2.45) is 5.73 Å². The summed E-state index contributed by atoms with van der Waals surface area (Å²) in [6.07, 6.45) is 1.71. The van der Waals surface area contributed by atoms with Gasteiger partial charge in [0.2, 0.25) is 5.88 Å². The number of aliphatic hydroxyl groups is 1. The highest BCUT2D eigenvalue weighted by Crippen LogP contribution is 2.23. The Kier molecular flexibility index (Phi) is 3.92. The van der Waals surface area contributed by atoms with Crippen molar-refractivity contribution in [2.75, 3.05) is 0 Å². The van der Waals surface area contributed by atoms with Crippen molar-refractivity contribution in [1.82, 2.24) is 4.98 Å². The second-order valence-electron chi connectivity index (χ2n) is 4.07. The molecule has 4 heteroatoms. The maximum atomic E-state index is 8.96. The van der Waals surface area contributed by atoms with Crippen molar-refractivity contribution in [2.45, 2.75) is 20.1 Å². The van der Waals surface area contributed by atoms with Crippen molar-refractivity contribution in [3.63, 3.8) is 0 Å². The Morgan fingerprint density at radius 3 is 2.50 bits per heavy atom. The lowest BCUT2D eigenvalue weighted by Gasteiger charge is -2.08. The predicted octanol–water partition coefficient (Wildman–Crippen LogP) is 2.13. The fraction of sp³-hybridized carbons (Fsp3) is 0.214. The van der Waals surface area contributed by atoms with Crippen molar-refractivity contribution in [3.05, 3.63) is 53.2 Å². The highest BCUT2D eigenvalue weighted by molar-refractivity contribution is 5.34. The molecular weight excluding hydrogens is 228 g/mol. The molecular formula is C14H16N2O2. The van der Waals surface area contributed by atoms with E-state index in [-0.39, 0.29) is 6.61 Å². The van der Waals surface area contributed by atoms with E-state index in [2.05, 4.69) is 4.98 Å². The monoisotopic (exact) mass is 244 g/mol. The summed E-state index contributed by atoms with van der Waals surface area (Å²) in [5.41, 5.74) is 8.33. The Labute approximate surface area is 106 Å². The second-order valence-corrected chi connectivity index (χ2v) is 4.07. The Hall–Kier alpha value is -1.91. The number of nitrogens with two attached hydrogens (primary N) is 1. The van der Waals surface area contributed by atoms with Crippen LogP contribution in [-0.4, -0.2) is 10.1 Å². The van der Waals surface area contributed by atoms with Gasteiger partial charge in [-0.2, -0.15) is 0 Å². The summed E-state index contributed by atoms with van der Waals surface area (Å²) in [6.45, 7) is 2.44. The van der Waals surface area contributed by atoms with Crippen LogP contribution in [0.5, 0.6) is 11.6 Å². The lowest BCUT2D eigenvalue weighted by molar-refractivity contribution is 0.281. The normalized spacial score (nSPS) is 10.4. The second kappa shape index (κ2) is 5.62. The van der Waals surface area contributed by atoms with Crippen molar-refractivity contribution < 1.29 is 9.84 Å². The standard InChI is InChI=1S/C14H16N2O2/c1-10-6-12(7-15)8-16-14(10)18-13-4-2-11(9-17)3-5-13/h2-6,8,17H,7,9,15H2,1H3. The van der Waals surface area contributed by atoms with Gasteiger partial charge in [-0.25, -0.2) is 4.98 Å². The van der Waals surface area contributed by atoms with Gasteiger partial charge in [0.05, 0.1) is 6.61 Å². The van der Waals surface area contributed by atoms with Gasteiger partial charge in [0.25, 0.3) is 0 Å². The fourth-order valence-electron chi connectivity index (χ4n) is 1.61. The molecule has 0 spiro atoms. The van der Waals surface area contributed by atoms with E-state index in [1.807, 2.05) is 37.3 Å². The molecule has 2 aromatic rings. The van der Waals surface area contributed by atoms with E-state index < -0.39 is 0 Å². The Morgan fingerprint density at radius 1 is 1.22 bits per heavy atom. The smallest absolute Gasteiger partial charge is 0.222 e. The number of rotatable bonds is 4. The van der Waals surface area contributed by atoms with Gasteiger partial charge < -0.3 is 15.6 Å². The SMILES string of the molecule is Cc1cc(CN)cnc1Oc1ccc(CO)cc1. The average Bonchev–Trinajstić information content (AvgIpc) is 2.42. The van der Waals surface area contributed by atoms with E-state index in [1.54, 1.807) is 6.20 Å². The predicted molar refractivity (Wildman–Crippen MR) is 69.3 cm³/mol. The van der Waals surface area contributed by atoms with Gasteiger partial charge >= 0.3 is 0 Å². The molecule has 0 aliphatic rings. The first-order valence-electron chi connectivity index (χ1n) is 5.76. The van der Waals surface area contributed by atoms with Crippen LogP contribution in [0.1, 0.15) is 16.7 Å². The van der Waals surface area contributed by atoms with E-state index in [0.29, 0.717) is 18.2 Å². The van der Waals surface area contributed by atoms with Crippen LogP contribution in [-0.2, 0) is 13.2 Å². The van der Waals surface area contributed by atoms with Gasteiger partial charge in [0, 0.05) is 18.3 Å². The molecule has 0 bridgehead atoms. The van der Waals surface area contributed by atoms with Crippen LogP contribution in [0.4, 0.5) is 0 Å². The zero-order valence-electron chi connectivity index (χ0n) is 10.3. The zero-order valence-corrected chi connectivity index (χ0v) is 10.3. The summed E-state index contributed by atoms with van der Waals surface area (Å²) in [5, 5.41) is 8.96.